The zero-order valence-electron chi connectivity index (χ0n) is 13.2. The van der Waals surface area contributed by atoms with E-state index in [0.717, 1.165) is 30.5 Å². The van der Waals surface area contributed by atoms with Gasteiger partial charge in [0.15, 0.2) is 5.96 Å². The molecule has 0 radical (unpaired) electrons. The quantitative estimate of drug-likeness (QED) is 0.608. The highest BCUT2D eigenvalue weighted by molar-refractivity contribution is 5.79. The molecule has 7 nitrogen and oxygen atoms in total. The second-order valence-electron chi connectivity index (χ2n) is 4.75. The number of ether oxygens (including phenoxy) is 1. The van der Waals surface area contributed by atoms with E-state index < -0.39 is 0 Å². The lowest BCUT2D eigenvalue weighted by atomic mass is 10.1. The predicted molar refractivity (Wildman–Crippen MR) is 85.9 cm³/mol. The smallest absolute Gasteiger partial charge is 0.191 e. The van der Waals surface area contributed by atoms with Gasteiger partial charge in [-0.2, -0.15) is 5.10 Å². The first-order valence-electron chi connectivity index (χ1n) is 7.13. The van der Waals surface area contributed by atoms with Crippen LogP contribution in [0.5, 0.6) is 5.75 Å². The van der Waals surface area contributed by atoms with Crippen LogP contribution in [0.25, 0.3) is 0 Å². The van der Waals surface area contributed by atoms with E-state index in [1.165, 1.54) is 11.9 Å². The highest BCUT2D eigenvalue weighted by Gasteiger charge is 2.03. The van der Waals surface area contributed by atoms with E-state index >= 15 is 0 Å². The molecule has 22 heavy (non-hydrogen) atoms. The largest absolute Gasteiger partial charge is 0.497 e. The Morgan fingerprint density at radius 1 is 1.36 bits per heavy atom. The predicted octanol–water partition coefficient (Wildman–Crippen LogP) is 0.731. The summed E-state index contributed by atoms with van der Waals surface area (Å²) < 4.78 is 6.96. The number of nitrogens with zero attached hydrogens (tertiary/aromatic N) is 4. The maximum Gasteiger partial charge on any atom is 0.191 e. The maximum absolute atomic E-state index is 5.22. The molecule has 2 aromatic rings. The van der Waals surface area contributed by atoms with Gasteiger partial charge in [-0.25, -0.2) is 4.98 Å². The number of guanidine groups is 1. The summed E-state index contributed by atoms with van der Waals surface area (Å²) in [6, 6.07) is 8.06. The Balaban J connectivity index is 1.77. The highest BCUT2D eigenvalue weighted by atomic mass is 16.5. The van der Waals surface area contributed by atoms with Crippen LogP contribution in [0.15, 0.2) is 35.6 Å². The second-order valence-corrected chi connectivity index (χ2v) is 4.75. The summed E-state index contributed by atoms with van der Waals surface area (Å²) in [5.41, 5.74) is 1.22. The number of aryl methyl sites for hydroxylation is 1. The lowest BCUT2D eigenvalue weighted by Gasteiger charge is -2.11. The van der Waals surface area contributed by atoms with E-state index in [1.54, 1.807) is 18.8 Å². The van der Waals surface area contributed by atoms with Crippen molar-refractivity contribution in [2.75, 3.05) is 20.7 Å². The topological polar surface area (TPSA) is 76.4 Å². The molecule has 1 aromatic carbocycles. The highest BCUT2D eigenvalue weighted by Crippen LogP contribution is 2.12. The van der Waals surface area contributed by atoms with Crippen LogP contribution in [0.2, 0.25) is 0 Å². The van der Waals surface area contributed by atoms with Crippen molar-refractivity contribution in [1.29, 1.82) is 0 Å². The summed E-state index contributed by atoms with van der Waals surface area (Å²) in [7, 11) is 5.29. The van der Waals surface area contributed by atoms with Gasteiger partial charge in [0.2, 0.25) is 0 Å². The SMILES string of the molecule is CN=C(NCCc1cccc(OC)c1)NCc1ncnn1C. The summed E-state index contributed by atoms with van der Waals surface area (Å²) in [6.07, 6.45) is 2.43. The average molecular weight is 302 g/mol. The van der Waals surface area contributed by atoms with Crippen LogP contribution in [0.4, 0.5) is 0 Å². The third-order valence-corrected chi connectivity index (χ3v) is 3.28. The molecule has 118 valence electrons. The standard InChI is InChI=1S/C15H22N6O/c1-16-15(18-10-14-19-11-20-21(14)2)17-8-7-12-5-4-6-13(9-12)22-3/h4-6,9,11H,7-8,10H2,1-3H3,(H2,16,17,18). The third kappa shape index (κ3) is 4.47. The molecule has 0 atom stereocenters. The lowest BCUT2D eigenvalue weighted by Crippen LogP contribution is -2.38. The summed E-state index contributed by atoms with van der Waals surface area (Å²) in [5.74, 6) is 2.48. The molecule has 0 aliphatic carbocycles. The Morgan fingerprint density at radius 2 is 2.23 bits per heavy atom. The van der Waals surface area contributed by atoms with Gasteiger partial charge in [0.25, 0.3) is 0 Å². The van der Waals surface area contributed by atoms with Crippen molar-refractivity contribution in [1.82, 2.24) is 25.4 Å². The summed E-state index contributed by atoms with van der Waals surface area (Å²) >= 11 is 0. The van der Waals surface area contributed by atoms with E-state index in [4.69, 9.17) is 4.74 Å². The number of aliphatic imine (C=N–C) groups is 1. The average Bonchev–Trinajstić information content (AvgIpc) is 2.96. The monoisotopic (exact) mass is 302 g/mol. The Labute approximate surface area is 130 Å². The van der Waals surface area contributed by atoms with Gasteiger partial charge in [-0.05, 0) is 24.1 Å². The minimum Gasteiger partial charge on any atom is -0.497 e. The van der Waals surface area contributed by atoms with Gasteiger partial charge < -0.3 is 15.4 Å². The van der Waals surface area contributed by atoms with E-state index in [1.807, 2.05) is 25.2 Å². The zero-order valence-corrected chi connectivity index (χ0v) is 13.2. The number of hydrogen-bond donors (Lipinski definition) is 2. The Kier molecular flexibility index (Phi) is 5.76. The number of rotatable bonds is 6. The fraction of sp³-hybridized carbons (Fsp3) is 0.400. The molecule has 0 spiro atoms. The van der Waals surface area contributed by atoms with Crippen LogP contribution in [-0.4, -0.2) is 41.4 Å². The van der Waals surface area contributed by atoms with Gasteiger partial charge in [0.05, 0.1) is 13.7 Å². The van der Waals surface area contributed by atoms with Crippen molar-refractivity contribution in [3.05, 3.63) is 42.0 Å². The van der Waals surface area contributed by atoms with Crippen molar-refractivity contribution < 1.29 is 4.74 Å². The van der Waals surface area contributed by atoms with Crippen molar-refractivity contribution in [2.45, 2.75) is 13.0 Å². The number of benzene rings is 1. The first-order chi connectivity index (χ1) is 10.7. The lowest BCUT2D eigenvalue weighted by molar-refractivity contribution is 0.414. The minimum atomic E-state index is 0.579. The van der Waals surface area contributed by atoms with Crippen molar-refractivity contribution >= 4 is 5.96 Å². The van der Waals surface area contributed by atoms with Crippen LogP contribution >= 0.6 is 0 Å². The second kappa shape index (κ2) is 8.02. The number of hydrogen-bond acceptors (Lipinski definition) is 4. The normalized spacial score (nSPS) is 11.3. The van der Waals surface area contributed by atoms with E-state index in [-0.39, 0.29) is 0 Å². The van der Waals surface area contributed by atoms with Crippen molar-refractivity contribution in [2.24, 2.45) is 12.0 Å². The molecule has 2 rings (SSSR count). The molecule has 7 heteroatoms. The van der Waals surface area contributed by atoms with Crippen molar-refractivity contribution in [3.63, 3.8) is 0 Å². The van der Waals surface area contributed by atoms with E-state index in [9.17, 15) is 0 Å². The Hall–Kier alpha value is -2.57. The molecule has 0 bridgehead atoms. The molecule has 2 N–H and O–H groups in total. The molecule has 1 aromatic heterocycles. The van der Waals surface area contributed by atoms with Crippen LogP contribution in [0, 0.1) is 0 Å². The Bertz CT molecular complexity index is 622. The fourth-order valence-electron chi connectivity index (χ4n) is 2.02. The molecule has 0 aliphatic heterocycles. The number of nitrogens with one attached hydrogen (secondary N) is 2. The van der Waals surface area contributed by atoms with Crippen LogP contribution in [0.1, 0.15) is 11.4 Å². The van der Waals surface area contributed by atoms with E-state index in [2.05, 4.69) is 31.8 Å². The fourth-order valence-corrected chi connectivity index (χ4v) is 2.02. The third-order valence-electron chi connectivity index (χ3n) is 3.28. The summed E-state index contributed by atoms with van der Waals surface area (Å²) in [4.78, 5) is 8.36. The summed E-state index contributed by atoms with van der Waals surface area (Å²) in [5, 5.41) is 10.5. The molecule has 0 aliphatic rings. The van der Waals surface area contributed by atoms with Crippen LogP contribution in [-0.2, 0) is 20.0 Å². The van der Waals surface area contributed by atoms with E-state index in [0.29, 0.717) is 6.54 Å². The van der Waals surface area contributed by atoms with Gasteiger partial charge in [0, 0.05) is 20.6 Å². The first kappa shape index (κ1) is 15.8. The van der Waals surface area contributed by atoms with Gasteiger partial charge >= 0.3 is 0 Å². The molecular formula is C15H22N6O. The molecule has 0 saturated carbocycles. The summed E-state index contributed by atoms with van der Waals surface area (Å²) in [6.45, 7) is 1.36. The molecule has 0 fully saturated rings. The number of methoxy groups -OCH3 is 1. The first-order valence-corrected chi connectivity index (χ1v) is 7.13. The van der Waals surface area contributed by atoms with Gasteiger partial charge in [0.1, 0.15) is 17.9 Å². The van der Waals surface area contributed by atoms with Crippen LogP contribution < -0.4 is 15.4 Å². The van der Waals surface area contributed by atoms with Gasteiger partial charge in [-0.1, -0.05) is 12.1 Å². The van der Waals surface area contributed by atoms with Crippen LogP contribution in [0.3, 0.4) is 0 Å². The Morgan fingerprint density at radius 3 is 2.91 bits per heavy atom. The molecule has 0 saturated heterocycles. The molecule has 1 heterocycles. The molecule has 0 unspecified atom stereocenters. The molecule has 0 amide bonds. The van der Waals surface area contributed by atoms with Gasteiger partial charge in [-0.15, -0.1) is 0 Å². The van der Waals surface area contributed by atoms with Crippen molar-refractivity contribution in [3.8, 4) is 5.75 Å². The number of aromatic nitrogens is 3. The zero-order chi connectivity index (χ0) is 15.8. The molecular weight excluding hydrogens is 280 g/mol. The van der Waals surface area contributed by atoms with Gasteiger partial charge in [-0.3, -0.25) is 9.67 Å². The maximum atomic E-state index is 5.22. The minimum absolute atomic E-state index is 0.579.